The van der Waals surface area contributed by atoms with Crippen LogP contribution < -0.4 is 4.90 Å². The van der Waals surface area contributed by atoms with Crippen molar-refractivity contribution in [3.05, 3.63) is 137 Å². The van der Waals surface area contributed by atoms with Crippen molar-refractivity contribution in [2.24, 2.45) is 5.92 Å². The van der Waals surface area contributed by atoms with E-state index in [4.69, 9.17) is 11.6 Å². The number of piperidine rings is 1. The van der Waals surface area contributed by atoms with Crippen LogP contribution in [0.4, 0.5) is 5.69 Å². The highest BCUT2D eigenvalue weighted by Crippen LogP contribution is 2.76. The molecule has 0 amide bonds. The van der Waals surface area contributed by atoms with Gasteiger partial charge in [-0.2, -0.15) is 0 Å². The SMILES string of the molecule is Clc1cccc(N2CC3C(c4ccccc4)(C2)C3(c2ccccc2)c2ccccc2)c1. The Morgan fingerprint density at radius 3 is 1.74 bits per heavy atom. The molecule has 2 unspecified atom stereocenters. The largest absolute Gasteiger partial charge is 0.370 e. The molecule has 2 aliphatic rings. The van der Waals surface area contributed by atoms with Crippen molar-refractivity contribution in [1.29, 1.82) is 0 Å². The van der Waals surface area contributed by atoms with E-state index in [0.29, 0.717) is 5.92 Å². The Hall–Kier alpha value is -3.03. The number of anilines is 1. The van der Waals surface area contributed by atoms with E-state index in [1.165, 1.54) is 22.4 Å². The fourth-order valence-corrected chi connectivity index (χ4v) is 6.53. The van der Waals surface area contributed by atoms with E-state index in [1.54, 1.807) is 0 Å². The lowest BCUT2D eigenvalue weighted by Crippen LogP contribution is -2.37. The maximum Gasteiger partial charge on any atom is 0.0426 e. The minimum Gasteiger partial charge on any atom is -0.370 e. The summed E-state index contributed by atoms with van der Waals surface area (Å²) in [4.78, 5) is 2.52. The molecule has 2 heteroatoms. The number of rotatable bonds is 4. The Balaban J connectivity index is 1.55. The second-order valence-corrected chi connectivity index (χ2v) is 9.23. The van der Waals surface area contributed by atoms with Crippen molar-refractivity contribution in [3.63, 3.8) is 0 Å². The van der Waals surface area contributed by atoms with Crippen LogP contribution in [0.3, 0.4) is 0 Å². The molecule has 31 heavy (non-hydrogen) atoms. The molecule has 1 saturated heterocycles. The van der Waals surface area contributed by atoms with Crippen LogP contribution in [-0.2, 0) is 10.8 Å². The van der Waals surface area contributed by atoms with Gasteiger partial charge in [0, 0.05) is 40.5 Å². The molecule has 0 N–H and O–H groups in total. The molecular formula is C29H24ClN. The first-order valence-electron chi connectivity index (χ1n) is 10.9. The zero-order valence-corrected chi connectivity index (χ0v) is 18.0. The van der Waals surface area contributed by atoms with E-state index in [9.17, 15) is 0 Å². The number of halogens is 1. The van der Waals surface area contributed by atoms with Crippen molar-refractivity contribution in [3.8, 4) is 0 Å². The third kappa shape index (κ3) is 2.56. The summed E-state index contributed by atoms with van der Waals surface area (Å²) in [6.45, 7) is 1.99. The highest BCUT2D eigenvalue weighted by Gasteiger charge is 2.81. The van der Waals surface area contributed by atoms with Crippen LogP contribution in [-0.4, -0.2) is 13.1 Å². The maximum atomic E-state index is 6.34. The summed E-state index contributed by atoms with van der Waals surface area (Å²) in [6, 6.07) is 41.7. The topological polar surface area (TPSA) is 3.24 Å². The molecule has 4 aromatic carbocycles. The number of nitrogens with zero attached hydrogens (tertiary/aromatic N) is 1. The molecule has 0 aromatic heterocycles. The van der Waals surface area contributed by atoms with Gasteiger partial charge in [-0.25, -0.2) is 0 Å². The summed E-state index contributed by atoms with van der Waals surface area (Å²) in [6.07, 6.45) is 0. The Morgan fingerprint density at radius 1 is 0.645 bits per heavy atom. The third-order valence-corrected chi connectivity index (χ3v) is 7.74. The van der Waals surface area contributed by atoms with E-state index < -0.39 is 0 Å². The zero-order chi connectivity index (χ0) is 20.9. The van der Waals surface area contributed by atoms with E-state index in [-0.39, 0.29) is 10.8 Å². The van der Waals surface area contributed by atoms with Gasteiger partial charge < -0.3 is 4.90 Å². The average molecular weight is 422 g/mol. The Labute approximate surface area is 188 Å². The molecule has 0 bridgehead atoms. The van der Waals surface area contributed by atoms with Crippen LogP contribution >= 0.6 is 11.6 Å². The van der Waals surface area contributed by atoms with E-state index in [2.05, 4.69) is 114 Å². The summed E-state index contributed by atoms with van der Waals surface area (Å²) in [5.41, 5.74) is 5.48. The number of benzene rings is 4. The first kappa shape index (κ1) is 18.7. The van der Waals surface area contributed by atoms with Gasteiger partial charge in [-0.05, 0) is 34.9 Å². The second-order valence-electron chi connectivity index (χ2n) is 8.79. The predicted octanol–water partition coefficient (Wildman–Crippen LogP) is 6.71. The molecule has 2 atom stereocenters. The van der Waals surface area contributed by atoms with Gasteiger partial charge in [-0.1, -0.05) is 109 Å². The van der Waals surface area contributed by atoms with Gasteiger partial charge in [0.25, 0.3) is 0 Å². The van der Waals surface area contributed by atoms with Gasteiger partial charge in [0.1, 0.15) is 0 Å². The molecule has 0 spiro atoms. The quantitative estimate of drug-likeness (QED) is 0.353. The fourth-order valence-electron chi connectivity index (χ4n) is 6.34. The molecule has 6 rings (SSSR count). The van der Waals surface area contributed by atoms with Crippen LogP contribution in [0.1, 0.15) is 16.7 Å². The Bertz CT molecular complexity index is 1170. The van der Waals surface area contributed by atoms with E-state index in [1.807, 2.05) is 6.07 Å². The van der Waals surface area contributed by atoms with Crippen molar-refractivity contribution in [2.75, 3.05) is 18.0 Å². The van der Waals surface area contributed by atoms with E-state index in [0.717, 1.165) is 18.1 Å². The van der Waals surface area contributed by atoms with Crippen LogP contribution in [0.15, 0.2) is 115 Å². The van der Waals surface area contributed by atoms with Gasteiger partial charge in [0.2, 0.25) is 0 Å². The van der Waals surface area contributed by atoms with Crippen molar-refractivity contribution in [2.45, 2.75) is 10.8 Å². The van der Waals surface area contributed by atoms with Gasteiger partial charge >= 0.3 is 0 Å². The van der Waals surface area contributed by atoms with Gasteiger partial charge in [0.15, 0.2) is 0 Å². The molecule has 1 aliphatic heterocycles. The summed E-state index contributed by atoms with van der Waals surface area (Å²) >= 11 is 6.34. The summed E-state index contributed by atoms with van der Waals surface area (Å²) in [7, 11) is 0. The molecule has 1 aliphatic carbocycles. The normalized spacial score (nSPS) is 23.4. The number of fused-ring (bicyclic) bond motifs is 1. The lowest BCUT2D eigenvalue weighted by Gasteiger charge is -2.34. The highest BCUT2D eigenvalue weighted by molar-refractivity contribution is 6.30. The molecular weight excluding hydrogens is 398 g/mol. The Morgan fingerprint density at radius 2 is 1.19 bits per heavy atom. The lowest BCUT2D eigenvalue weighted by atomic mass is 9.76. The highest BCUT2D eigenvalue weighted by atomic mass is 35.5. The zero-order valence-electron chi connectivity index (χ0n) is 17.3. The lowest BCUT2D eigenvalue weighted by molar-refractivity contribution is 0.586. The van der Waals surface area contributed by atoms with Gasteiger partial charge in [-0.15, -0.1) is 0 Å². The Kier molecular flexibility index (Phi) is 4.23. The first-order valence-corrected chi connectivity index (χ1v) is 11.3. The molecule has 4 aromatic rings. The number of hydrogen-bond donors (Lipinski definition) is 0. The van der Waals surface area contributed by atoms with Crippen molar-refractivity contribution in [1.82, 2.24) is 0 Å². The van der Waals surface area contributed by atoms with E-state index >= 15 is 0 Å². The number of hydrogen-bond acceptors (Lipinski definition) is 1. The average Bonchev–Trinajstić information content (AvgIpc) is 3.19. The van der Waals surface area contributed by atoms with Crippen molar-refractivity contribution < 1.29 is 0 Å². The summed E-state index contributed by atoms with van der Waals surface area (Å²) in [5, 5.41) is 0.796. The summed E-state index contributed by atoms with van der Waals surface area (Å²) < 4.78 is 0. The van der Waals surface area contributed by atoms with Crippen LogP contribution in [0, 0.1) is 5.92 Å². The smallest absolute Gasteiger partial charge is 0.0426 e. The fraction of sp³-hybridized carbons (Fsp3) is 0.172. The monoisotopic (exact) mass is 421 g/mol. The second kappa shape index (κ2) is 7.00. The first-order chi connectivity index (χ1) is 15.3. The molecule has 1 saturated carbocycles. The van der Waals surface area contributed by atoms with Crippen LogP contribution in [0.25, 0.3) is 0 Å². The molecule has 1 heterocycles. The standard InChI is InChI=1S/C29H24ClN/c30-25-17-10-18-26(19-25)31-20-27-28(21-31,22-11-4-1-5-12-22)29(27,23-13-6-2-7-14-23)24-15-8-3-9-16-24/h1-19,27H,20-21H2. The minimum atomic E-state index is -0.0219. The molecule has 1 nitrogen and oxygen atoms in total. The van der Waals surface area contributed by atoms with Crippen LogP contribution in [0.2, 0.25) is 5.02 Å². The predicted molar refractivity (Wildman–Crippen MR) is 129 cm³/mol. The third-order valence-electron chi connectivity index (χ3n) is 7.50. The molecule has 152 valence electrons. The van der Waals surface area contributed by atoms with Gasteiger partial charge in [-0.3, -0.25) is 0 Å². The molecule has 0 radical (unpaired) electrons. The van der Waals surface area contributed by atoms with Crippen LogP contribution in [0.5, 0.6) is 0 Å². The van der Waals surface area contributed by atoms with Gasteiger partial charge in [0.05, 0.1) is 0 Å². The van der Waals surface area contributed by atoms with Crippen molar-refractivity contribution >= 4 is 17.3 Å². The summed E-state index contributed by atoms with van der Waals surface area (Å²) in [5.74, 6) is 0.492. The minimum absolute atomic E-state index is 0.0219. The maximum absolute atomic E-state index is 6.34. The molecule has 2 fully saturated rings.